The summed E-state index contributed by atoms with van der Waals surface area (Å²) in [6, 6.07) is 3.72. The van der Waals surface area contributed by atoms with Crippen molar-refractivity contribution in [1.29, 1.82) is 0 Å². The van der Waals surface area contributed by atoms with Crippen LogP contribution in [0.25, 0.3) is 0 Å². The van der Waals surface area contributed by atoms with Crippen LogP contribution in [0, 0.1) is 12.3 Å². The Balaban J connectivity index is 2.08. The van der Waals surface area contributed by atoms with Gasteiger partial charge in [0.25, 0.3) is 5.91 Å². The molecule has 1 N–H and O–H groups in total. The maximum absolute atomic E-state index is 12.5. The van der Waals surface area contributed by atoms with Gasteiger partial charge in [-0.2, -0.15) is 0 Å². The molecule has 0 bridgehead atoms. The number of rotatable bonds is 4. The molecule has 1 aliphatic rings. The van der Waals surface area contributed by atoms with E-state index in [2.05, 4.69) is 0 Å². The summed E-state index contributed by atoms with van der Waals surface area (Å²) in [5, 5.41) is 9.42. The fraction of sp³-hybridized carbons (Fsp3) is 0.600. The first-order valence-electron chi connectivity index (χ1n) is 7.05. The summed E-state index contributed by atoms with van der Waals surface area (Å²) in [5.41, 5.74) is 0.798. The number of hydrogen-bond acceptors (Lipinski definition) is 3. The maximum Gasteiger partial charge on any atom is 0.312 e. The third kappa shape index (κ3) is 2.81. The minimum Gasteiger partial charge on any atom is -0.481 e. The standard InChI is InChI=1S/C15H22N2O4/c1-11-4-5-12(16(11)2)13(18)17-8-6-15(7-9-17,10-21-3)14(19)20/h4-5H,6-10H2,1-3H3,(H,19,20). The van der Waals surface area contributed by atoms with Crippen LogP contribution in [0.2, 0.25) is 0 Å². The van der Waals surface area contributed by atoms with Crippen molar-refractivity contribution in [3.05, 3.63) is 23.5 Å². The molecule has 0 saturated carbocycles. The number of carbonyl (C=O) groups excluding carboxylic acids is 1. The Morgan fingerprint density at radius 1 is 1.33 bits per heavy atom. The zero-order valence-electron chi connectivity index (χ0n) is 12.8. The van der Waals surface area contributed by atoms with Crippen molar-refractivity contribution in [2.24, 2.45) is 12.5 Å². The minimum atomic E-state index is -0.865. The zero-order chi connectivity index (χ0) is 15.6. The van der Waals surface area contributed by atoms with Crippen LogP contribution in [0.1, 0.15) is 29.0 Å². The molecule has 1 aromatic heterocycles. The molecule has 0 aliphatic carbocycles. The number of methoxy groups -OCH3 is 1. The summed E-state index contributed by atoms with van der Waals surface area (Å²) in [5.74, 6) is -0.881. The molecule has 1 aromatic rings. The molecule has 0 aromatic carbocycles. The predicted octanol–water partition coefficient (Wildman–Crippen LogP) is 1.29. The van der Waals surface area contributed by atoms with Crippen LogP contribution in [0.15, 0.2) is 12.1 Å². The number of carboxylic acid groups (broad SMARTS) is 1. The number of carboxylic acids is 1. The molecule has 6 heteroatoms. The first kappa shape index (κ1) is 15.6. The number of piperidine rings is 1. The van der Waals surface area contributed by atoms with Gasteiger partial charge in [0.2, 0.25) is 0 Å². The van der Waals surface area contributed by atoms with Crippen LogP contribution in [0.5, 0.6) is 0 Å². The second-order valence-corrected chi connectivity index (χ2v) is 5.73. The summed E-state index contributed by atoms with van der Waals surface area (Å²) < 4.78 is 6.92. The van der Waals surface area contributed by atoms with E-state index in [0.717, 1.165) is 5.69 Å². The summed E-state index contributed by atoms with van der Waals surface area (Å²) >= 11 is 0. The van der Waals surface area contributed by atoms with Gasteiger partial charge in [-0.3, -0.25) is 9.59 Å². The van der Waals surface area contributed by atoms with Crippen molar-refractivity contribution in [2.75, 3.05) is 26.8 Å². The Morgan fingerprint density at radius 2 is 1.95 bits per heavy atom. The Hall–Kier alpha value is -1.82. The number of likely N-dealkylation sites (tertiary alicyclic amines) is 1. The maximum atomic E-state index is 12.5. The molecule has 6 nitrogen and oxygen atoms in total. The molecule has 2 rings (SSSR count). The fourth-order valence-corrected chi connectivity index (χ4v) is 2.82. The van der Waals surface area contributed by atoms with E-state index in [4.69, 9.17) is 4.74 Å². The van der Waals surface area contributed by atoms with Gasteiger partial charge < -0.3 is 19.3 Å². The molecule has 0 atom stereocenters. The van der Waals surface area contributed by atoms with Crippen molar-refractivity contribution < 1.29 is 19.4 Å². The SMILES string of the molecule is COCC1(C(=O)O)CCN(C(=O)c2ccc(C)n2C)CC1. The van der Waals surface area contributed by atoms with Gasteiger partial charge in [0, 0.05) is 32.9 Å². The summed E-state index contributed by atoms with van der Waals surface area (Å²) in [6.45, 7) is 3.02. The lowest BCUT2D eigenvalue weighted by molar-refractivity contribution is -0.155. The number of aryl methyl sites for hydroxylation is 1. The molecular weight excluding hydrogens is 272 g/mol. The molecule has 2 heterocycles. The molecule has 1 saturated heterocycles. The number of aliphatic carboxylic acids is 1. The molecule has 0 radical (unpaired) electrons. The lowest BCUT2D eigenvalue weighted by atomic mass is 9.79. The number of hydrogen-bond donors (Lipinski definition) is 1. The van der Waals surface area contributed by atoms with E-state index in [1.807, 2.05) is 30.7 Å². The average molecular weight is 294 g/mol. The van der Waals surface area contributed by atoms with E-state index in [0.29, 0.717) is 31.6 Å². The van der Waals surface area contributed by atoms with Crippen molar-refractivity contribution >= 4 is 11.9 Å². The second kappa shape index (κ2) is 5.89. The van der Waals surface area contributed by atoms with Crippen molar-refractivity contribution in [3.63, 3.8) is 0 Å². The number of aromatic nitrogens is 1. The normalized spacial score (nSPS) is 17.8. The molecular formula is C15H22N2O4. The Labute approximate surface area is 124 Å². The smallest absolute Gasteiger partial charge is 0.312 e. The van der Waals surface area contributed by atoms with Gasteiger partial charge in [-0.1, -0.05) is 0 Å². The zero-order valence-corrected chi connectivity index (χ0v) is 12.8. The van der Waals surface area contributed by atoms with E-state index in [-0.39, 0.29) is 12.5 Å². The van der Waals surface area contributed by atoms with Gasteiger partial charge in [-0.25, -0.2) is 0 Å². The van der Waals surface area contributed by atoms with E-state index in [1.165, 1.54) is 7.11 Å². The minimum absolute atomic E-state index is 0.0398. The fourth-order valence-electron chi connectivity index (χ4n) is 2.82. The van der Waals surface area contributed by atoms with Crippen molar-refractivity contribution in [3.8, 4) is 0 Å². The van der Waals surface area contributed by atoms with E-state index >= 15 is 0 Å². The van der Waals surface area contributed by atoms with Crippen molar-refractivity contribution in [2.45, 2.75) is 19.8 Å². The number of carbonyl (C=O) groups is 2. The Bertz CT molecular complexity index is 542. The summed E-state index contributed by atoms with van der Waals surface area (Å²) in [6.07, 6.45) is 0.844. The van der Waals surface area contributed by atoms with Gasteiger partial charge in [0.1, 0.15) is 5.69 Å². The van der Waals surface area contributed by atoms with Crippen LogP contribution in [-0.4, -0.2) is 53.3 Å². The van der Waals surface area contributed by atoms with Crippen LogP contribution < -0.4 is 0 Å². The summed E-state index contributed by atoms with van der Waals surface area (Å²) in [4.78, 5) is 25.7. The van der Waals surface area contributed by atoms with Crippen LogP contribution in [0.4, 0.5) is 0 Å². The van der Waals surface area contributed by atoms with Gasteiger partial charge >= 0.3 is 5.97 Å². The summed E-state index contributed by atoms with van der Waals surface area (Å²) in [7, 11) is 3.37. The van der Waals surface area contributed by atoms with Crippen molar-refractivity contribution in [1.82, 2.24) is 9.47 Å². The van der Waals surface area contributed by atoms with Gasteiger partial charge in [0.15, 0.2) is 0 Å². The highest BCUT2D eigenvalue weighted by molar-refractivity contribution is 5.93. The van der Waals surface area contributed by atoms with Crippen LogP contribution >= 0.6 is 0 Å². The average Bonchev–Trinajstić information content (AvgIpc) is 2.79. The lowest BCUT2D eigenvalue weighted by Crippen LogP contribution is -2.48. The topological polar surface area (TPSA) is 71.8 Å². The Kier molecular flexibility index (Phi) is 4.37. The molecule has 116 valence electrons. The first-order valence-corrected chi connectivity index (χ1v) is 7.05. The van der Waals surface area contributed by atoms with E-state index in [1.54, 1.807) is 4.90 Å². The first-order chi connectivity index (χ1) is 9.91. The molecule has 0 spiro atoms. The van der Waals surface area contributed by atoms with Crippen LogP contribution in [-0.2, 0) is 16.6 Å². The highest BCUT2D eigenvalue weighted by Gasteiger charge is 2.42. The van der Waals surface area contributed by atoms with Crippen LogP contribution in [0.3, 0.4) is 0 Å². The quantitative estimate of drug-likeness (QED) is 0.908. The monoisotopic (exact) mass is 294 g/mol. The number of ether oxygens (including phenoxy) is 1. The molecule has 0 unspecified atom stereocenters. The van der Waals surface area contributed by atoms with E-state index in [9.17, 15) is 14.7 Å². The second-order valence-electron chi connectivity index (χ2n) is 5.73. The highest BCUT2D eigenvalue weighted by atomic mass is 16.5. The Morgan fingerprint density at radius 3 is 2.38 bits per heavy atom. The largest absolute Gasteiger partial charge is 0.481 e. The molecule has 1 fully saturated rings. The highest BCUT2D eigenvalue weighted by Crippen LogP contribution is 2.32. The predicted molar refractivity (Wildman–Crippen MR) is 77.2 cm³/mol. The van der Waals surface area contributed by atoms with Gasteiger partial charge in [-0.15, -0.1) is 0 Å². The third-order valence-corrected chi connectivity index (χ3v) is 4.47. The van der Waals surface area contributed by atoms with Gasteiger partial charge in [-0.05, 0) is 31.9 Å². The van der Waals surface area contributed by atoms with E-state index < -0.39 is 11.4 Å². The lowest BCUT2D eigenvalue weighted by Gasteiger charge is -2.38. The number of amides is 1. The molecule has 1 aliphatic heterocycles. The van der Waals surface area contributed by atoms with Gasteiger partial charge in [0.05, 0.1) is 12.0 Å². The molecule has 1 amide bonds. The number of nitrogens with zero attached hydrogens (tertiary/aromatic N) is 2. The molecule has 21 heavy (non-hydrogen) atoms. The third-order valence-electron chi connectivity index (χ3n) is 4.47.